The van der Waals surface area contributed by atoms with Gasteiger partial charge in [0.15, 0.2) is 0 Å². The number of amides is 1. The molecule has 0 aromatic heterocycles. The molecule has 0 unspecified atom stereocenters. The minimum absolute atomic E-state index is 0.107. The quantitative estimate of drug-likeness (QED) is 0.279. The van der Waals surface area contributed by atoms with E-state index in [2.05, 4.69) is 15.9 Å². The van der Waals surface area contributed by atoms with Crippen LogP contribution in [0.2, 0.25) is 0 Å². The Morgan fingerprint density at radius 3 is 2.73 bits per heavy atom. The minimum Gasteiger partial charge on any atom is -0.488 e. The number of rotatable bonds is 8. The fraction of sp³-hybridized carbons (Fsp3) is 0.227. The second-order valence-electron chi connectivity index (χ2n) is 6.34. The summed E-state index contributed by atoms with van der Waals surface area (Å²) < 4.78 is 12.2. The third-order valence-electron chi connectivity index (χ3n) is 4.21. The first-order valence-corrected chi connectivity index (χ1v) is 11.4. The van der Waals surface area contributed by atoms with Gasteiger partial charge in [0.1, 0.15) is 16.7 Å². The number of carbonyl (C=O) groups is 2. The van der Waals surface area contributed by atoms with E-state index in [1.165, 1.54) is 16.7 Å². The number of thioether (sulfide) groups is 1. The molecule has 0 saturated carbocycles. The number of nitrogens with zero attached hydrogens (tertiary/aromatic N) is 1. The summed E-state index contributed by atoms with van der Waals surface area (Å²) >= 11 is 10.0. The molecule has 0 atom stereocenters. The number of ether oxygens (including phenoxy) is 2. The van der Waals surface area contributed by atoms with Gasteiger partial charge < -0.3 is 9.47 Å². The van der Waals surface area contributed by atoms with Gasteiger partial charge in [-0.2, -0.15) is 0 Å². The van der Waals surface area contributed by atoms with Crippen molar-refractivity contribution in [3.05, 3.63) is 69.0 Å². The van der Waals surface area contributed by atoms with Crippen LogP contribution in [0.25, 0.3) is 6.08 Å². The number of halogens is 1. The lowest BCUT2D eigenvalue weighted by Crippen LogP contribution is -2.30. The highest BCUT2D eigenvalue weighted by molar-refractivity contribution is 9.10. The zero-order valence-corrected chi connectivity index (χ0v) is 19.5. The van der Waals surface area contributed by atoms with Crippen molar-refractivity contribution in [1.29, 1.82) is 0 Å². The lowest BCUT2D eigenvalue weighted by molar-refractivity contribution is -0.143. The van der Waals surface area contributed by atoms with Crippen molar-refractivity contribution in [1.82, 2.24) is 4.90 Å². The summed E-state index contributed by atoms with van der Waals surface area (Å²) in [5.41, 5.74) is 1.82. The molecular weight excluding hydrogens is 486 g/mol. The first-order chi connectivity index (χ1) is 14.5. The number of carbonyl (C=O) groups excluding carboxylic acids is 2. The van der Waals surface area contributed by atoms with Gasteiger partial charge >= 0.3 is 5.97 Å². The molecule has 156 valence electrons. The van der Waals surface area contributed by atoms with Gasteiger partial charge in [-0.25, -0.2) is 0 Å². The van der Waals surface area contributed by atoms with Crippen molar-refractivity contribution in [2.24, 2.45) is 0 Å². The lowest BCUT2D eigenvalue weighted by atomic mass is 10.1. The molecule has 8 heteroatoms. The summed E-state index contributed by atoms with van der Waals surface area (Å²) in [6.45, 7) is 2.68. The predicted octanol–water partition coefficient (Wildman–Crippen LogP) is 5.18. The molecular formula is C22H20BrNO4S2. The van der Waals surface area contributed by atoms with Crippen LogP contribution in [0.15, 0.2) is 57.9 Å². The Morgan fingerprint density at radius 1 is 1.23 bits per heavy atom. The topological polar surface area (TPSA) is 55.8 Å². The van der Waals surface area contributed by atoms with E-state index in [-0.39, 0.29) is 24.8 Å². The summed E-state index contributed by atoms with van der Waals surface area (Å²) in [5.74, 6) is 0.0984. The highest BCUT2D eigenvalue weighted by Gasteiger charge is 2.32. The minimum atomic E-state index is -0.348. The van der Waals surface area contributed by atoms with Crippen LogP contribution >= 0.6 is 39.9 Å². The van der Waals surface area contributed by atoms with E-state index in [1.807, 2.05) is 48.5 Å². The summed E-state index contributed by atoms with van der Waals surface area (Å²) in [5, 5.41) is 0. The number of benzene rings is 2. The maximum absolute atomic E-state index is 12.8. The Morgan fingerprint density at radius 2 is 2.00 bits per heavy atom. The molecule has 2 aromatic rings. The van der Waals surface area contributed by atoms with Gasteiger partial charge in [0, 0.05) is 16.6 Å². The molecule has 1 aliphatic heterocycles. The van der Waals surface area contributed by atoms with Crippen molar-refractivity contribution in [3.8, 4) is 5.75 Å². The van der Waals surface area contributed by atoms with Crippen LogP contribution in [0.3, 0.4) is 0 Å². The van der Waals surface area contributed by atoms with Gasteiger partial charge in [0.25, 0.3) is 5.91 Å². The Balaban J connectivity index is 1.75. The van der Waals surface area contributed by atoms with E-state index in [1.54, 1.807) is 13.0 Å². The molecule has 0 radical (unpaired) electrons. The van der Waals surface area contributed by atoms with Crippen LogP contribution in [-0.2, 0) is 20.9 Å². The maximum atomic E-state index is 12.8. The molecule has 1 fully saturated rings. The standard InChI is InChI=1S/C22H20BrNO4S2/c1-2-27-20(25)10-11-24-21(26)19(30-22(24)29)13-16-12-17(23)8-9-18(16)28-14-15-6-4-3-5-7-15/h3-9,12-13H,2,10-11,14H2,1H3/b19-13-. The Hall–Kier alpha value is -2.16. The first-order valence-electron chi connectivity index (χ1n) is 9.35. The highest BCUT2D eigenvalue weighted by atomic mass is 79.9. The second-order valence-corrected chi connectivity index (χ2v) is 8.94. The number of esters is 1. The second kappa shape index (κ2) is 10.7. The molecule has 0 aliphatic carbocycles. The first kappa shape index (κ1) is 22.5. The van der Waals surface area contributed by atoms with Crippen LogP contribution < -0.4 is 4.74 Å². The fourth-order valence-corrected chi connectivity index (χ4v) is 4.45. The average molecular weight is 506 g/mol. The summed E-state index contributed by atoms with van der Waals surface area (Å²) in [6, 6.07) is 15.5. The van der Waals surface area contributed by atoms with Gasteiger partial charge in [0.2, 0.25) is 0 Å². The molecule has 1 heterocycles. The fourth-order valence-electron chi connectivity index (χ4n) is 2.77. The van der Waals surface area contributed by atoms with Gasteiger partial charge in [-0.3, -0.25) is 14.5 Å². The van der Waals surface area contributed by atoms with Crippen molar-refractivity contribution in [2.45, 2.75) is 20.0 Å². The van der Waals surface area contributed by atoms with Crippen LogP contribution in [0.1, 0.15) is 24.5 Å². The molecule has 2 aromatic carbocycles. The zero-order chi connectivity index (χ0) is 21.5. The molecule has 1 aliphatic rings. The predicted molar refractivity (Wildman–Crippen MR) is 126 cm³/mol. The van der Waals surface area contributed by atoms with Gasteiger partial charge in [-0.05, 0) is 36.8 Å². The van der Waals surface area contributed by atoms with Crippen LogP contribution in [-0.4, -0.2) is 34.2 Å². The maximum Gasteiger partial charge on any atom is 0.307 e. The Kier molecular flexibility index (Phi) is 8.07. The van der Waals surface area contributed by atoms with Gasteiger partial charge in [0.05, 0.1) is 17.9 Å². The normalized spacial score (nSPS) is 15.0. The Bertz CT molecular complexity index is 978. The van der Waals surface area contributed by atoms with Crippen LogP contribution in [0.4, 0.5) is 0 Å². The number of hydrogen-bond acceptors (Lipinski definition) is 6. The van der Waals surface area contributed by atoms with Crippen LogP contribution in [0.5, 0.6) is 5.75 Å². The third kappa shape index (κ3) is 5.93. The lowest BCUT2D eigenvalue weighted by Gasteiger charge is -2.13. The molecule has 0 spiro atoms. The zero-order valence-electron chi connectivity index (χ0n) is 16.3. The summed E-state index contributed by atoms with van der Waals surface area (Å²) in [7, 11) is 0. The molecule has 3 rings (SSSR count). The SMILES string of the molecule is CCOC(=O)CCN1C(=O)/C(=C/c2cc(Br)ccc2OCc2ccccc2)SC1=S. The third-order valence-corrected chi connectivity index (χ3v) is 6.09. The molecule has 1 amide bonds. The van der Waals surface area contributed by atoms with E-state index in [0.717, 1.165) is 15.6 Å². The van der Waals surface area contributed by atoms with E-state index in [4.69, 9.17) is 21.7 Å². The van der Waals surface area contributed by atoms with E-state index in [9.17, 15) is 9.59 Å². The largest absolute Gasteiger partial charge is 0.488 e. The van der Waals surface area contributed by atoms with Crippen molar-refractivity contribution < 1.29 is 19.1 Å². The highest BCUT2D eigenvalue weighted by Crippen LogP contribution is 2.35. The van der Waals surface area contributed by atoms with E-state index < -0.39 is 0 Å². The smallest absolute Gasteiger partial charge is 0.307 e. The Labute approximate surface area is 193 Å². The summed E-state index contributed by atoms with van der Waals surface area (Å²) in [6.07, 6.45) is 1.88. The van der Waals surface area contributed by atoms with Crippen molar-refractivity contribution in [2.75, 3.05) is 13.2 Å². The van der Waals surface area contributed by atoms with E-state index in [0.29, 0.717) is 28.2 Å². The number of thiocarbonyl (C=S) groups is 1. The molecule has 30 heavy (non-hydrogen) atoms. The molecule has 0 N–H and O–H groups in total. The molecule has 1 saturated heterocycles. The monoisotopic (exact) mass is 505 g/mol. The summed E-state index contributed by atoms with van der Waals surface area (Å²) in [4.78, 5) is 26.3. The molecule has 5 nitrogen and oxygen atoms in total. The van der Waals surface area contributed by atoms with E-state index >= 15 is 0 Å². The molecule has 0 bridgehead atoms. The van der Waals surface area contributed by atoms with Crippen molar-refractivity contribution >= 4 is 62.2 Å². The average Bonchev–Trinajstić information content (AvgIpc) is 2.99. The van der Waals surface area contributed by atoms with Gasteiger partial charge in [-0.1, -0.05) is 70.2 Å². The van der Waals surface area contributed by atoms with Crippen molar-refractivity contribution in [3.63, 3.8) is 0 Å². The van der Waals surface area contributed by atoms with Gasteiger partial charge in [-0.15, -0.1) is 0 Å². The number of hydrogen-bond donors (Lipinski definition) is 0. The van der Waals surface area contributed by atoms with Crippen LogP contribution in [0, 0.1) is 0 Å².